The highest BCUT2D eigenvalue weighted by atomic mass is 35.5. The smallest absolute Gasteiger partial charge is 0.270 e. The Balaban J connectivity index is 0.00000288. The van der Waals surface area contributed by atoms with Gasteiger partial charge in [0, 0.05) is 23.4 Å². The lowest BCUT2D eigenvalue weighted by Gasteiger charge is -2.09. The van der Waals surface area contributed by atoms with Gasteiger partial charge in [0.25, 0.3) is 5.91 Å². The lowest BCUT2D eigenvalue weighted by molar-refractivity contribution is 0.0947. The summed E-state index contributed by atoms with van der Waals surface area (Å²) in [6.45, 7) is 3.55. The molecule has 2 aromatic rings. The van der Waals surface area contributed by atoms with Gasteiger partial charge in [-0.1, -0.05) is 11.6 Å². The number of carbonyl (C=O) groups is 1. The highest BCUT2D eigenvalue weighted by molar-refractivity contribution is 7.09. The van der Waals surface area contributed by atoms with Crippen molar-refractivity contribution >= 4 is 41.3 Å². The number of aryl methyl sites for hydroxylation is 1. The number of hydrogen-bond donors (Lipinski definition) is 2. The first-order chi connectivity index (χ1) is 11.1. The lowest BCUT2D eigenvalue weighted by Crippen LogP contribution is -2.26. The minimum absolute atomic E-state index is 0. The van der Waals surface area contributed by atoms with Gasteiger partial charge in [0.05, 0.1) is 11.6 Å². The molecule has 5 nitrogen and oxygen atoms in total. The number of benzene rings is 1. The van der Waals surface area contributed by atoms with Crippen molar-refractivity contribution < 1.29 is 9.53 Å². The number of ether oxygens (including phenoxy) is 1. The van der Waals surface area contributed by atoms with Gasteiger partial charge in [0.1, 0.15) is 11.4 Å². The van der Waals surface area contributed by atoms with Gasteiger partial charge in [0.15, 0.2) is 0 Å². The number of hydrogen-bond acceptors (Lipinski definition) is 5. The molecule has 0 radical (unpaired) electrons. The number of nitrogens with one attached hydrogen (secondary N) is 1. The first-order valence-electron chi connectivity index (χ1n) is 7.42. The Morgan fingerprint density at radius 1 is 1.46 bits per heavy atom. The fourth-order valence-corrected chi connectivity index (χ4v) is 3.00. The van der Waals surface area contributed by atoms with Gasteiger partial charge in [-0.3, -0.25) is 4.79 Å². The molecule has 0 aliphatic heterocycles. The van der Waals surface area contributed by atoms with Crippen LogP contribution in [-0.4, -0.2) is 30.6 Å². The van der Waals surface area contributed by atoms with Crippen molar-refractivity contribution in [2.45, 2.75) is 19.8 Å². The Morgan fingerprint density at radius 2 is 2.25 bits per heavy atom. The predicted octanol–water partition coefficient (Wildman–Crippen LogP) is 3.23. The number of thiazole rings is 1. The van der Waals surface area contributed by atoms with Crippen LogP contribution in [0, 0.1) is 6.92 Å². The van der Waals surface area contributed by atoms with Gasteiger partial charge in [-0.2, -0.15) is 0 Å². The summed E-state index contributed by atoms with van der Waals surface area (Å²) >= 11 is 7.36. The minimum atomic E-state index is -0.160. The predicted molar refractivity (Wildman–Crippen MR) is 101 cm³/mol. The number of carbonyl (C=O) groups excluding carboxylic acids is 1. The van der Waals surface area contributed by atoms with Crippen LogP contribution in [0.15, 0.2) is 23.6 Å². The number of nitrogens with two attached hydrogens (primary N) is 1. The molecular weight excluding hydrogens is 369 g/mol. The average Bonchev–Trinajstić information content (AvgIpc) is 2.98. The molecule has 3 N–H and O–H groups in total. The summed E-state index contributed by atoms with van der Waals surface area (Å²) < 4.78 is 5.68. The highest BCUT2D eigenvalue weighted by Gasteiger charge is 2.09. The molecule has 0 aliphatic carbocycles. The number of nitrogens with zero attached hydrogens (tertiary/aromatic N) is 1. The molecule has 24 heavy (non-hydrogen) atoms. The van der Waals surface area contributed by atoms with Gasteiger partial charge >= 0.3 is 0 Å². The molecule has 0 spiro atoms. The van der Waals surface area contributed by atoms with Crippen molar-refractivity contribution in [3.63, 3.8) is 0 Å². The van der Waals surface area contributed by atoms with Crippen LogP contribution in [0.25, 0.3) is 0 Å². The molecule has 0 atom stereocenters. The highest BCUT2D eigenvalue weighted by Crippen LogP contribution is 2.21. The molecule has 0 saturated heterocycles. The van der Waals surface area contributed by atoms with Gasteiger partial charge in [0.2, 0.25) is 0 Å². The summed E-state index contributed by atoms with van der Waals surface area (Å²) in [7, 11) is 0. The van der Waals surface area contributed by atoms with E-state index in [1.54, 1.807) is 11.4 Å². The Labute approximate surface area is 157 Å². The van der Waals surface area contributed by atoms with E-state index < -0.39 is 0 Å². The van der Waals surface area contributed by atoms with E-state index in [1.165, 1.54) is 11.3 Å². The summed E-state index contributed by atoms with van der Waals surface area (Å²) in [4.78, 5) is 16.2. The standard InChI is InChI=1S/C16H20ClN3O2S.ClH/c1-11-9-12(17)3-4-14(11)22-8-2-7-19-16(21)13-10-23-15(20-13)5-6-18;/h3-4,9-10H,2,5-8,18H2,1H3,(H,19,21);1H. The molecule has 0 bridgehead atoms. The van der Waals surface area contributed by atoms with Crippen molar-refractivity contribution in [2.75, 3.05) is 19.7 Å². The largest absolute Gasteiger partial charge is 0.493 e. The van der Waals surface area contributed by atoms with E-state index >= 15 is 0 Å². The van der Waals surface area contributed by atoms with Crippen LogP contribution < -0.4 is 15.8 Å². The molecule has 1 aromatic carbocycles. The van der Waals surface area contributed by atoms with Gasteiger partial charge in [-0.05, 0) is 43.7 Å². The quantitative estimate of drug-likeness (QED) is 0.679. The van der Waals surface area contributed by atoms with Crippen LogP contribution >= 0.6 is 35.3 Å². The zero-order chi connectivity index (χ0) is 16.7. The topological polar surface area (TPSA) is 77.2 Å². The van der Waals surface area contributed by atoms with Gasteiger partial charge in [-0.25, -0.2) is 4.98 Å². The molecular formula is C16H21Cl2N3O2S. The monoisotopic (exact) mass is 389 g/mol. The maximum absolute atomic E-state index is 11.9. The van der Waals surface area contributed by atoms with Crippen LogP contribution in [0.4, 0.5) is 0 Å². The summed E-state index contributed by atoms with van der Waals surface area (Å²) in [5, 5.41) is 6.18. The third-order valence-corrected chi connectivity index (χ3v) is 4.29. The Hall–Kier alpha value is -1.34. The molecule has 1 heterocycles. The molecule has 8 heteroatoms. The molecule has 132 valence electrons. The Morgan fingerprint density at radius 3 is 2.96 bits per heavy atom. The van der Waals surface area contributed by atoms with Crippen LogP contribution in [-0.2, 0) is 6.42 Å². The molecule has 1 amide bonds. The van der Waals surface area contributed by atoms with Crippen LogP contribution in [0.1, 0.15) is 27.5 Å². The van der Waals surface area contributed by atoms with Crippen molar-refractivity contribution in [1.82, 2.24) is 10.3 Å². The fraction of sp³-hybridized carbons (Fsp3) is 0.375. The minimum Gasteiger partial charge on any atom is -0.493 e. The molecule has 2 rings (SSSR count). The SMILES string of the molecule is Cc1cc(Cl)ccc1OCCCNC(=O)c1csc(CCN)n1.Cl. The molecule has 0 aliphatic rings. The Kier molecular flexibility index (Phi) is 9.07. The second-order valence-corrected chi connectivity index (χ2v) is 6.41. The van der Waals surface area contributed by atoms with E-state index in [-0.39, 0.29) is 18.3 Å². The molecule has 0 fully saturated rings. The zero-order valence-corrected chi connectivity index (χ0v) is 15.8. The summed E-state index contributed by atoms with van der Waals surface area (Å²) in [6, 6.07) is 5.51. The summed E-state index contributed by atoms with van der Waals surface area (Å²) in [5.41, 5.74) is 6.92. The maximum Gasteiger partial charge on any atom is 0.270 e. The Bertz CT molecular complexity index is 665. The summed E-state index contributed by atoms with van der Waals surface area (Å²) in [6.07, 6.45) is 1.42. The van der Waals surface area contributed by atoms with Crippen molar-refractivity contribution in [3.05, 3.63) is 44.9 Å². The first kappa shape index (κ1) is 20.7. The van der Waals surface area contributed by atoms with Crippen LogP contribution in [0.2, 0.25) is 5.02 Å². The molecule has 1 aromatic heterocycles. The van der Waals surface area contributed by atoms with Crippen molar-refractivity contribution in [3.8, 4) is 5.75 Å². The lowest BCUT2D eigenvalue weighted by atomic mass is 10.2. The van der Waals surface area contributed by atoms with E-state index in [1.807, 2.05) is 19.1 Å². The maximum atomic E-state index is 11.9. The van der Waals surface area contributed by atoms with E-state index in [2.05, 4.69) is 10.3 Å². The first-order valence-corrected chi connectivity index (χ1v) is 8.67. The fourth-order valence-electron chi connectivity index (χ4n) is 1.98. The van der Waals surface area contributed by atoms with Crippen molar-refractivity contribution in [1.29, 1.82) is 0 Å². The number of aromatic nitrogens is 1. The van der Waals surface area contributed by atoms with E-state index in [9.17, 15) is 4.79 Å². The van der Waals surface area contributed by atoms with E-state index in [0.29, 0.717) is 43.3 Å². The summed E-state index contributed by atoms with van der Waals surface area (Å²) in [5.74, 6) is 0.652. The third kappa shape index (κ3) is 6.28. The average molecular weight is 390 g/mol. The normalized spacial score (nSPS) is 10.1. The van der Waals surface area contributed by atoms with Crippen LogP contribution in [0.5, 0.6) is 5.75 Å². The van der Waals surface area contributed by atoms with Gasteiger partial charge < -0.3 is 15.8 Å². The van der Waals surface area contributed by atoms with E-state index in [0.717, 1.165) is 16.3 Å². The van der Waals surface area contributed by atoms with Gasteiger partial charge in [-0.15, -0.1) is 23.7 Å². The van der Waals surface area contributed by atoms with Crippen molar-refractivity contribution in [2.24, 2.45) is 5.73 Å². The number of halogens is 2. The zero-order valence-electron chi connectivity index (χ0n) is 13.4. The second-order valence-electron chi connectivity index (χ2n) is 5.03. The van der Waals surface area contributed by atoms with Crippen LogP contribution in [0.3, 0.4) is 0 Å². The third-order valence-electron chi connectivity index (χ3n) is 3.14. The molecule has 0 unspecified atom stereocenters. The second kappa shape index (κ2) is 10.5. The number of rotatable bonds is 8. The van der Waals surface area contributed by atoms with E-state index in [4.69, 9.17) is 22.1 Å². The molecule has 0 saturated carbocycles. The number of amides is 1.